The summed E-state index contributed by atoms with van der Waals surface area (Å²) >= 11 is 0. The standard InChI is InChI=1S/C12H24BNO3/c1-8-9(10(15)14(6)7)13-16-11(2,3)12(4,5)17-13/h9H,8H2,1-7H3. The van der Waals surface area contributed by atoms with E-state index in [1.807, 2.05) is 34.6 Å². The molecule has 0 spiro atoms. The van der Waals surface area contributed by atoms with Gasteiger partial charge in [-0.1, -0.05) is 6.92 Å². The summed E-state index contributed by atoms with van der Waals surface area (Å²) in [6.45, 7) is 9.98. The van der Waals surface area contributed by atoms with Crippen LogP contribution >= 0.6 is 0 Å². The first-order chi connectivity index (χ1) is 7.62. The van der Waals surface area contributed by atoms with Crippen LogP contribution in [0, 0.1) is 0 Å². The van der Waals surface area contributed by atoms with Gasteiger partial charge in [0.05, 0.1) is 17.0 Å². The molecule has 1 atom stereocenters. The van der Waals surface area contributed by atoms with Crippen molar-refractivity contribution in [1.82, 2.24) is 4.90 Å². The normalized spacial score (nSPS) is 23.6. The van der Waals surface area contributed by atoms with E-state index in [2.05, 4.69) is 0 Å². The molecule has 0 aromatic rings. The fraction of sp³-hybridized carbons (Fsp3) is 0.917. The van der Waals surface area contributed by atoms with Crippen LogP contribution in [0.1, 0.15) is 41.0 Å². The van der Waals surface area contributed by atoms with Gasteiger partial charge in [-0.2, -0.15) is 0 Å². The van der Waals surface area contributed by atoms with E-state index in [1.165, 1.54) is 0 Å². The van der Waals surface area contributed by atoms with Crippen LogP contribution in [0.15, 0.2) is 0 Å². The molecule has 1 saturated heterocycles. The zero-order valence-corrected chi connectivity index (χ0v) is 12.0. The highest BCUT2D eigenvalue weighted by Gasteiger charge is 2.54. The molecular weight excluding hydrogens is 217 g/mol. The smallest absolute Gasteiger partial charge is 0.403 e. The maximum atomic E-state index is 12.0. The van der Waals surface area contributed by atoms with E-state index in [9.17, 15) is 4.79 Å². The summed E-state index contributed by atoms with van der Waals surface area (Å²) in [5.74, 6) is -0.169. The van der Waals surface area contributed by atoms with Crippen LogP contribution in [0.25, 0.3) is 0 Å². The maximum absolute atomic E-state index is 12.0. The monoisotopic (exact) mass is 241 g/mol. The molecule has 17 heavy (non-hydrogen) atoms. The van der Waals surface area contributed by atoms with Crippen LogP contribution in [0.5, 0.6) is 0 Å². The molecule has 0 N–H and O–H groups in total. The molecule has 0 aromatic carbocycles. The Kier molecular flexibility index (Phi) is 3.94. The zero-order valence-electron chi connectivity index (χ0n) is 12.0. The van der Waals surface area contributed by atoms with Gasteiger partial charge in [0.1, 0.15) is 0 Å². The number of rotatable bonds is 3. The molecule has 1 heterocycles. The summed E-state index contributed by atoms with van der Waals surface area (Å²) in [4.78, 5) is 13.6. The Balaban J connectivity index is 2.85. The number of carbonyl (C=O) groups excluding carboxylic acids is 1. The minimum Gasteiger partial charge on any atom is -0.403 e. The lowest BCUT2D eigenvalue weighted by Gasteiger charge is -2.32. The second-order valence-electron chi connectivity index (χ2n) is 5.87. The van der Waals surface area contributed by atoms with Crippen molar-refractivity contribution < 1.29 is 14.1 Å². The van der Waals surface area contributed by atoms with Gasteiger partial charge in [0, 0.05) is 14.1 Å². The highest BCUT2D eigenvalue weighted by molar-refractivity contribution is 6.52. The first-order valence-corrected chi connectivity index (χ1v) is 6.19. The van der Waals surface area contributed by atoms with E-state index >= 15 is 0 Å². The van der Waals surface area contributed by atoms with Crippen molar-refractivity contribution in [3.8, 4) is 0 Å². The van der Waals surface area contributed by atoms with Crippen LogP contribution in [0.2, 0.25) is 5.82 Å². The molecule has 1 fully saturated rings. The zero-order chi connectivity index (χ0) is 13.4. The summed E-state index contributed by atoms with van der Waals surface area (Å²) in [6.07, 6.45) is 0.716. The van der Waals surface area contributed by atoms with E-state index < -0.39 is 7.12 Å². The number of hydrogen-bond donors (Lipinski definition) is 0. The van der Waals surface area contributed by atoms with Gasteiger partial charge in [0.2, 0.25) is 5.91 Å². The van der Waals surface area contributed by atoms with Gasteiger partial charge in [-0.15, -0.1) is 0 Å². The molecule has 0 bridgehead atoms. The van der Waals surface area contributed by atoms with Crippen LogP contribution in [0.3, 0.4) is 0 Å². The summed E-state index contributed by atoms with van der Waals surface area (Å²) in [5.41, 5.74) is -0.755. The van der Waals surface area contributed by atoms with Crippen LogP contribution in [-0.2, 0) is 14.1 Å². The second kappa shape index (κ2) is 4.61. The van der Waals surface area contributed by atoms with Gasteiger partial charge in [-0.25, -0.2) is 0 Å². The van der Waals surface area contributed by atoms with Gasteiger partial charge < -0.3 is 14.2 Å². The molecule has 0 aliphatic carbocycles. The van der Waals surface area contributed by atoms with Gasteiger partial charge in [0.25, 0.3) is 0 Å². The third kappa shape index (κ3) is 2.66. The van der Waals surface area contributed by atoms with Crippen molar-refractivity contribution in [2.75, 3.05) is 14.1 Å². The molecule has 1 unspecified atom stereocenters. The third-order valence-electron chi connectivity index (χ3n) is 3.80. The molecule has 4 nitrogen and oxygen atoms in total. The Bertz CT molecular complexity index is 286. The summed E-state index contributed by atoms with van der Waals surface area (Å²) in [5, 5.41) is 0. The number of carbonyl (C=O) groups is 1. The molecule has 0 saturated carbocycles. The minimum absolute atomic E-state index is 0.0611. The lowest BCUT2D eigenvalue weighted by Crippen LogP contribution is -2.41. The quantitative estimate of drug-likeness (QED) is 0.709. The number of nitrogens with zero attached hydrogens (tertiary/aromatic N) is 1. The van der Waals surface area contributed by atoms with Crippen molar-refractivity contribution in [1.29, 1.82) is 0 Å². The van der Waals surface area contributed by atoms with Gasteiger partial charge in [-0.3, -0.25) is 4.79 Å². The number of hydrogen-bond acceptors (Lipinski definition) is 3. The molecule has 0 aromatic heterocycles. The lowest BCUT2D eigenvalue weighted by molar-refractivity contribution is -0.129. The molecule has 1 aliphatic heterocycles. The first-order valence-electron chi connectivity index (χ1n) is 6.19. The van der Waals surface area contributed by atoms with E-state index in [-0.39, 0.29) is 22.9 Å². The molecule has 5 heteroatoms. The van der Waals surface area contributed by atoms with Gasteiger partial charge in [0.15, 0.2) is 0 Å². The van der Waals surface area contributed by atoms with Crippen molar-refractivity contribution in [3.63, 3.8) is 0 Å². The molecule has 1 rings (SSSR count). The van der Waals surface area contributed by atoms with Crippen LogP contribution in [-0.4, -0.2) is 43.2 Å². The van der Waals surface area contributed by atoms with Crippen LogP contribution in [0.4, 0.5) is 0 Å². The van der Waals surface area contributed by atoms with Crippen LogP contribution < -0.4 is 0 Å². The Morgan fingerprint density at radius 3 is 1.88 bits per heavy atom. The maximum Gasteiger partial charge on any atom is 0.470 e. The Labute approximate surface area is 105 Å². The van der Waals surface area contributed by atoms with Gasteiger partial charge >= 0.3 is 7.12 Å². The predicted molar refractivity (Wildman–Crippen MR) is 68.8 cm³/mol. The van der Waals surface area contributed by atoms with Crippen molar-refractivity contribution >= 4 is 13.0 Å². The summed E-state index contributed by atoms with van der Waals surface area (Å²) in [7, 11) is 3.08. The van der Waals surface area contributed by atoms with Crippen molar-refractivity contribution in [2.45, 2.75) is 58.1 Å². The molecule has 98 valence electrons. The van der Waals surface area contributed by atoms with E-state index in [0.29, 0.717) is 6.42 Å². The van der Waals surface area contributed by atoms with E-state index in [1.54, 1.807) is 19.0 Å². The Morgan fingerprint density at radius 1 is 1.18 bits per heavy atom. The summed E-state index contributed by atoms with van der Waals surface area (Å²) in [6, 6.07) is 0. The SMILES string of the molecule is CCC(B1OC(C)(C)C(C)(C)O1)C(=O)N(C)C. The molecule has 1 aliphatic rings. The minimum atomic E-state index is -0.445. The Hall–Kier alpha value is -0.545. The fourth-order valence-corrected chi connectivity index (χ4v) is 1.87. The molecule has 0 radical (unpaired) electrons. The van der Waals surface area contributed by atoms with Gasteiger partial charge in [-0.05, 0) is 34.1 Å². The van der Waals surface area contributed by atoms with Crippen molar-refractivity contribution in [3.05, 3.63) is 0 Å². The number of amides is 1. The largest absolute Gasteiger partial charge is 0.470 e. The first kappa shape index (κ1) is 14.5. The average molecular weight is 241 g/mol. The predicted octanol–water partition coefficient (Wildman–Crippen LogP) is 1.95. The van der Waals surface area contributed by atoms with Crippen molar-refractivity contribution in [2.24, 2.45) is 0 Å². The topological polar surface area (TPSA) is 38.8 Å². The van der Waals surface area contributed by atoms with E-state index in [4.69, 9.17) is 9.31 Å². The second-order valence-corrected chi connectivity index (χ2v) is 5.87. The average Bonchev–Trinajstić information content (AvgIpc) is 2.36. The lowest BCUT2D eigenvalue weighted by atomic mass is 9.69. The fourth-order valence-electron chi connectivity index (χ4n) is 1.87. The Morgan fingerprint density at radius 2 is 1.59 bits per heavy atom. The highest BCUT2D eigenvalue weighted by Crippen LogP contribution is 2.40. The van der Waals surface area contributed by atoms with E-state index in [0.717, 1.165) is 0 Å². The summed E-state index contributed by atoms with van der Waals surface area (Å²) < 4.78 is 11.8. The molecular formula is C12H24BNO3. The molecule has 1 amide bonds. The third-order valence-corrected chi connectivity index (χ3v) is 3.80. The highest BCUT2D eigenvalue weighted by atomic mass is 16.7.